The predicted molar refractivity (Wildman–Crippen MR) is 57.7 cm³/mol. The largest absolute Gasteiger partial charge is 0.339 e. The molecule has 75 valence electrons. The fourth-order valence-electron chi connectivity index (χ4n) is 1.38. The maximum absolute atomic E-state index is 10.3. The molecule has 1 radical (unpaired) electrons. The monoisotopic (exact) mass is 190 g/mol. The summed E-state index contributed by atoms with van der Waals surface area (Å²) in [6, 6.07) is 8.24. The molecule has 0 unspecified atom stereocenters. The van der Waals surface area contributed by atoms with E-state index in [1.54, 1.807) is 6.41 Å². The number of aryl methyl sites for hydroxylation is 1. The van der Waals surface area contributed by atoms with Gasteiger partial charge in [-0.25, -0.2) is 0 Å². The summed E-state index contributed by atoms with van der Waals surface area (Å²) in [5, 5.41) is 2.68. The van der Waals surface area contributed by atoms with E-state index in [1.807, 2.05) is 26.0 Å². The van der Waals surface area contributed by atoms with Crippen LogP contribution < -0.4 is 5.32 Å². The van der Waals surface area contributed by atoms with Crippen molar-refractivity contribution in [2.75, 3.05) is 0 Å². The van der Waals surface area contributed by atoms with Crippen molar-refractivity contribution in [3.8, 4) is 0 Å². The summed E-state index contributed by atoms with van der Waals surface area (Å²) >= 11 is 0. The molecule has 14 heavy (non-hydrogen) atoms. The van der Waals surface area contributed by atoms with Gasteiger partial charge >= 0.3 is 6.41 Å². The summed E-state index contributed by atoms with van der Waals surface area (Å²) in [6.07, 6.45) is 2.75. The van der Waals surface area contributed by atoms with Crippen LogP contribution in [-0.2, 0) is 16.8 Å². The van der Waals surface area contributed by atoms with Gasteiger partial charge < -0.3 is 5.32 Å². The maximum atomic E-state index is 10.3. The van der Waals surface area contributed by atoms with Crippen molar-refractivity contribution in [2.24, 2.45) is 0 Å². The van der Waals surface area contributed by atoms with Gasteiger partial charge in [-0.2, -0.15) is 0 Å². The molecule has 1 amide bonds. The fraction of sp³-hybridized carbons (Fsp3) is 0.417. The first kappa shape index (κ1) is 10.8. The summed E-state index contributed by atoms with van der Waals surface area (Å²) in [7, 11) is 0. The van der Waals surface area contributed by atoms with Crippen LogP contribution in [0.15, 0.2) is 24.3 Å². The van der Waals surface area contributed by atoms with Gasteiger partial charge in [0.1, 0.15) is 0 Å². The molecular formula is C12H16NO. The number of hydrogen-bond acceptors (Lipinski definition) is 1. The van der Waals surface area contributed by atoms with Gasteiger partial charge in [0.25, 0.3) is 0 Å². The minimum Gasteiger partial charge on any atom is -0.339 e. The number of hydrogen-bond donors (Lipinski definition) is 1. The molecule has 0 saturated heterocycles. The van der Waals surface area contributed by atoms with Crippen molar-refractivity contribution in [1.82, 2.24) is 5.32 Å². The second-order valence-electron chi connectivity index (χ2n) is 3.91. The summed E-state index contributed by atoms with van der Waals surface area (Å²) in [6.45, 7) is 6.05. The van der Waals surface area contributed by atoms with E-state index in [2.05, 4.69) is 24.4 Å². The Morgan fingerprint density at radius 3 is 2.71 bits per heavy atom. The summed E-state index contributed by atoms with van der Waals surface area (Å²) < 4.78 is 0. The Bertz CT molecular complexity index is 318. The Balaban J connectivity index is 2.99. The highest BCUT2D eigenvalue weighted by Crippen LogP contribution is 2.20. The van der Waals surface area contributed by atoms with Crippen molar-refractivity contribution in [1.29, 1.82) is 0 Å². The molecule has 1 rings (SSSR count). The summed E-state index contributed by atoms with van der Waals surface area (Å²) in [5.74, 6) is 0. The molecule has 0 aliphatic rings. The SMILES string of the molecule is CCc1cccc(C(C)(C)N[C]=O)c1. The van der Waals surface area contributed by atoms with Gasteiger partial charge in [-0.1, -0.05) is 31.2 Å². The fourth-order valence-corrected chi connectivity index (χ4v) is 1.38. The highest BCUT2D eigenvalue weighted by atomic mass is 16.1. The van der Waals surface area contributed by atoms with Crippen molar-refractivity contribution in [2.45, 2.75) is 32.7 Å². The lowest BCUT2D eigenvalue weighted by atomic mass is 9.93. The Hall–Kier alpha value is -1.31. The Morgan fingerprint density at radius 2 is 2.14 bits per heavy atom. The molecule has 1 N–H and O–H groups in total. The minimum absolute atomic E-state index is 0.340. The van der Waals surface area contributed by atoms with Crippen LogP contribution in [0.1, 0.15) is 31.9 Å². The number of carbonyl (C=O) groups excluding carboxylic acids is 1. The molecule has 0 aliphatic heterocycles. The van der Waals surface area contributed by atoms with Crippen LogP contribution in [-0.4, -0.2) is 6.41 Å². The number of rotatable bonds is 4. The van der Waals surface area contributed by atoms with Crippen LogP contribution in [0.5, 0.6) is 0 Å². The quantitative estimate of drug-likeness (QED) is 0.724. The normalized spacial score (nSPS) is 11.1. The summed E-state index contributed by atoms with van der Waals surface area (Å²) in [5.41, 5.74) is 2.05. The molecule has 0 spiro atoms. The molecule has 0 bridgehead atoms. The van der Waals surface area contributed by atoms with Gasteiger partial charge in [0.2, 0.25) is 0 Å². The Kier molecular flexibility index (Phi) is 3.28. The van der Waals surface area contributed by atoms with E-state index >= 15 is 0 Å². The van der Waals surface area contributed by atoms with E-state index in [4.69, 9.17) is 0 Å². The van der Waals surface area contributed by atoms with E-state index in [9.17, 15) is 4.79 Å². The third-order valence-electron chi connectivity index (χ3n) is 2.42. The lowest BCUT2D eigenvalue weighted by Gasteiger charge is -2.24. The third kappa shape index (κ3) is 2.34. The molecule has 0 fully saturated rings. The molecule has 0 aliphatic carbocycles. The van der Waals surface area contributed by atoms with Crippen molar-refractivity contribution >= 4 is 6.41 Å². The molecule has 0 atom stereocenters. The van der Waals surface area contributed by atoms with Crippen molar-refractivity contribution in [3.63, 3.8) is 0 Å². The average molecular weight is 190 g/mol. The smallest absolute Gasteiger partial charge is 0.310 e. The zero-order valence-corrected chi connectivity index (χ0v) is 8.92. The molecule has 0 aromatic heterocycles. The van der Waals surface area contributed by atoms with Crippen molar-refractivity contribution in [3.05, 3.63) is 35.4 Å². The van der Waals surface area contributed by atoms with Crippen LogP contribution in [0, 0.1) is 0 Å². The van der Waals surface area contributed by atoms with E-state index in [1.165, 1.54) is 5.56 Å². The second-order valence-corrected chi connectivity index (χ2v) is 3.91. The predicted octanol–water partition coefficient (Wildman–Crippen LogP) is 2.14. The van der Waals surface area contributed by atoms with Gasteiger partial charge in [0.15, 0.2) is 0 Å². The lowest BCUT2D eigenvalue weighted by molar-refractivity contribution is 0.451. The van der Waals surface area contributed by atoms with Gasteiger partial charge in [-0.15, -0.1) is 0 Å². The first-order valence-electron chi connectivity index (χ1n) is 4.84. The van der Waals surface area contributed by atoms with Crippen molar-refractivity contribution < 1.29 is 4.79 Å². The topological polar surface area (TPSA) is 29.1 Å². The highest BCUT2D eigenvalue weighted by Gasteiger charge is 2.19. The van der Waals surface area contributed by atoms with Gasteiger partial charge in [0, 0.05) is 0 Å². The van der Waals surface area contributed by atoms with Crippen LogP contribution >= 0.6 is 0 Å². The minimum atomic E-state index is -0.340. The van der Waals surface area contributed by atoms with Crippen LogP contribution in [0.25, 0.3) is 0 Å². The number of amides is 1. The number of nitrogens with one attached hydrogen (secondary N) is 1. The zero-order valence-electron chi connectivity index (χ0n) is 8.92. The Morgan fingerprint density at radius 1 is 1.43 bits per heavy atom. The van der Waals surface area contributed by atoms with Gasteiger partial charge in [-0.05, 0) is 31.4 Å². The number of benzene rings is 1. The highest BCUT2D eigenvalue weighted by molar-refractivity contribution is 5.50. The zero-order chi connectivity index (χ0) is 10.6. The summed E-state index contributed by atoms with van der Waals surface area (Å²) in [4.78, 5) is 10.3. The lowest BCUT2D eigenvalue weighted by Crippen LogP contribution is -2.35. The molecule has 1 aromatic carbocycles. The maximum Gasteiger partial charge on any atom is 0.310 e. The first-order chi connectivity index (χ1) is 6.60. The van der Waals surface area contributed by atoms with Gasteiger partial charge in [0.05, 0.1) is 5.54 Å². The molecule has 2 nitrogen and oxygen atoms in total. The standard InChI is InChI=1S/C12H16NO/c1-4-10-6-5-7-11(8-10)12(2,3)13-9-14/h5-8H,4H2,1-3H3,(H,13,14). The Labute approximate surface area is 85.3 Å². The molecule has 2 heteroatoms. The van der Waals surface area contributed by atoms with E-state index in [0.717, 1.165) is 12.0 Å². The second kappa shape index (κ2) is 4.27. The van der Waals surface area contributed by atoms with E-state index in [0.29, 0.717) is 0 Å². The molecule has 0 saturated carbocycles. The third-order valence-corrected chi connectivity index (χ3v) is 2.42. The van der Waals surface area contributed by atoms with Gasteiger partial charge in [-0.3, -0.25) is 4.79 Å². The van der Waals surface area contributed by atoms with Crippen LogP contribution in [0.3, 0.4) is 0 Å². The average Bonchev–Trinajstić information content (AvgIpc) is 2.18. The van der Waals surface area contributed by atoms with E-state index in [-0.39, 0.29) is 5.54 Å². The molecular weight excluding hydrogens is 174 g/mol. The molecule has 1 aromatic rings. The van der Waals surface area contributed by atoms with Crippen LogP contribution in [0.2, 0.25) is 0 Å². The van der Waals surface area contributed by atoms with E-state index < -0.39 is 0 Å². The first-order valence-corrected chi connectivity index (χ1v) is 4.84. The van der Waals surface area contributed by atoms with Crippen LogP contribution in [0.4, 0.5) is 0 Å². The molecule has 0 heterocycles.